The topological polar surface area (TPSA) is 84.2 Å². The fourth-order valence-electron chi connectivity index (χ4n) is 2.38. The number of carbonyl (C=O) groups is 2. The van der Waals surface area contributed by atoms with Crippen LogP contribution >= 0.6 is 0 Å². The Morgan fingerprint density at radius 3 is 2.22 bits per heavy atom. The number of carbonyl (C=O) groups excluding carboxylic acids is 1. The Kier molecular flexibility index (Phi) is 4.83. The lowest BCUT2D eigenvalue weighted by atomic mass is 9.99. The molecule has 0 aliphatic carbocycles. The van der Waals surface area contributed by atoms with E-state index in [1.807, 2.05) is 31.2 Å². The van der Waals surface area contributed by atoms with Gasteiger partial charge in [0, 0.05) is 7.05 Å². The fourth-order valence-corrected chi connectivity index (χ4v) is 2.38. The lowest BCUT2D eigenvalue weighted by Gasteiger charge is -2.16. The van der Waals surface area contributed by atoms with Crippen LogP contribution in [-0.4, -0.2) is 26.8 Å². The van der Waals surface area contributed by atoms with Crippen molar-refractivity contribution >= 4 is 11.9 Å². The molecular formula is C17H21N3O3. The maximum atomic E-state index is 12.4. The average molecular weight is 315 g/mol. The van der Waals surface area contributed by atoms with Crippen molar-refractivity contribution in [3.8, 4) is 0 Å². The molecular weight excluding hydrogens is 294 g/mol. The van der Waals surface area contributed by atoms with Crippen LogP contribution in [0.1, 0.15) is 64.7 Å². The summed E-state index contributed by atoms with van der Waals surface area (Å²) in [5.74, 6) is -1.18. The summed E-state index contributed by atoms with van der Waals surface area (Å²) < 4.78 is 1.27. The van der Waals surface area contributed by atoms with Crippen LogP contribution in [0.15, 0.2) is 30.5 Å². The Morgan fingerprint density at radius 1 is 1.13 bits per heavy atom. The van der Waals surface area contributed by atoms with E-state index in [0.29, 0.717) is 5.92 Å². The predicted molar refractivity (Wildman–Crippen MR) is 86.6 cm³/mol. The Balaban J connectivity index is 2.17. The molecule has 0 bridgehead atoms. The van der Waals surface area contributed by atoms with Crippen molar-refractivity contribution in [3.63, 3.8) is 0 Å². The van der Waals surface area contributed by atoms with E-state index in [1.165, 1.54) is 16.4 Å². The molecule has 1 heterocycles. The number of carboxylic acid groups (broad SMARTS) is 1. The summed E-state index contributed by atoms with van der Waals surface area (Å²) in [5, 5.41) is 15.8. The van der Waals surface area contributed by atoms with Crippen molar-refractivity contribution in [2.45, 2.75) is 32.7 Å². The zero-order valence-corrected chi connectivity index (χ0v) is 13.7. The first-order valence-electron chi connectivity index (χ1n) is 7.47. The molecule has 6 nitrogen and oxygen atoms in total. The Bertz CT molecular complexity index is 717. The molecule has 2 aromatic rings. The SMILES string of the molecule is CC(C)c1ccc(C(C)NC(=O)c2c(C(=O)O)cnn2C)cc1. The first-order chi connectivity index (χ1) is 10.8. The first kappa shape index (κ1) is 16.7. The standard InChI is InChI=1S/C17H21N3O3/c1-10(2)12-5-7-13(8-6-12)11(3)19-16(21)15-14(17(22)23)9-18-20(15)4/h5-11H,1-4H3,(H,19,21)(H,22,23). The van der Waals surface area contributed by atoms with E-state index < -0.39 is 11.9 Å². The lowest BCUT2D eigenvalue weighted by molar-refractivity contribution is 0.0690. The quantitative estimate of drug-likeness (QED) is 0.888. The van der Waals surface area contributed by atoms with Crippen molar-refractivity contribution < 1.29 is 14.7 Å². The van der Waals surface area contributed by atoms with Gasteiger partial charge in [-0.3, -0.25) is 9.48 Å². The summed E-state index contributed by atoms with van der Waals surface area (Å²) in [6, 6.07) is 7.79. The average Bonchev–Trinajstić information content (AvgIpc) is 2.89. The van der Waals surface area contributed by atoms with Crippen LogP contribution in [0.25, 0.3) is 0 Å². The number of aryl methyl sites for hydroxylation is 1. The minimum Gasteiger partial charge on any atom is -0.478 e. The van der Waals surface area contributed by atoms with Gasteiger partial charge in [-0.1, -0.05) is 38.1 Å². The number of benzene rings is 1. The summed E-state index contributed by atoms with van der Waals surface area (Å²) in [4.78, 5) is 23.5. The Morgan fingerprint density at radius 2 is 1.70 bits per heavy atom. The summed E-state index contributed by atoms with van der Waals surface area (Å²) in [6.07, 6.45) is 1.18. The Hall–Kier alpha value is -2.63. The second-order valence-electron chi connectivity index (χ2n) is 5.85. The smallest absolute Gasteiger partial charge is 0.339 e. The highest BCUT2D eigenvalue weighted by Crippen LogP contribution is 2.19. The van der Waals surface area contributed by atoms with Gasteiger partial charge >= 0.3 is 5.97 Å². The monoisotopic (exact) mass is 315 g/mol. The van der Waals surface area contributed by atoms with Gasteiger partial charge in [0.2, 0.25) is 0 Å². The molecule has 0 fully saturated rings. The molecule has 1 atom stereocenters. The number of hydrogen-bond acceptors (Lipinski definition) is 3. The molecule has 0 spiro atoms. The molecule has 2 rings (SSSR count). The third-order valence-corrected chi connectivity index (χ3v) is 3.83. The van der Waals surface area contributed by atoms with Gasteiger partial charge in [0.1, 0.15) is 11.3 Å². The normalized spacial score (nSPS) is 12.2. The molecule has 0 radical (unpaired) electrons. The predicted octanol–water partition coefficient (Wildman–Crippen LogP) is 2.73. The van der Waals surface area contributed by atoms with E-state index in [9.17, 15) is 9.59 Å². The maximum absolute atomic E-state index is 12.4. The first-order valence-corrected chi connectivity index (χ1v) is 7.47. The molecule has 0 aliphatic rings. The van der Waals surface area contributed by atoms with Crippen LogP contribution in [-0.2, 0) is 7.05 Å². The van der Waals surface area contributed by atoms with Crippen LogP contribution < -0.4 is 5.32 Å². The van der Waals surface area contributed by atoms with Gasteiger partial charge in [-0.05, 0) is 24.0 Å². The Labute approximate surface area is 135 Å². The van der Waals surface area contributed by atoms with Crippen LogP contribution in [0.4, 0.5) is 0 Å². The number of rotatable bonds is 5. The van der Waals surface area contributed by atoms with E-state index >= 15 is 0 Å². The number of amides is 1. The second-order valence-corrected chi connectivity index (χ2v) is 5.85. The van der Waals surface area contributed by atoms with Crippen LogP contribution in [0.3, 0.4) is 0 Å². The molecule has 2 N–H and O–H groups in total. The summed E-state index contributed by atoms with van der Waals surface area (Å²) in [5.41, 5.74) is 2.13. The van der Waals surface area contributed by atoms with Crippen molar-refractivity contribution in [2.24, 2.45) is 7.05 Å². The van der Waals surface area contributed by atoms with E-state index in [2.05, 4.69) is 24.3 Å². The van der Waals surface area contributed by atoms with Crippen molar-refractivity contribution in [2.75, 3.05) is 0 Å². The summed E-state index contributed by atoms with van der Waals surface area (Å²) in [6.45, 7) is 6.10. The second kappa shape index (κ2) is 6.64. The zero-order valence-electron chi connectivity index (χ0n) is 13.7. The summed E-state index contributed by atoms with van der Waals surface area (Å²) >= 11 is 0. The van der Waals surface area contributed by atoms with Gasteiger partial charge in [-0.2, -0.15) is 5.10 Å². The summed E-state index contributed by atoms with van der Waals surface area (Å²) in [7, 11) is 1.55. The third-order valence-electron chi connectivity index (χ3n) is 3.83. The van der Waals surface area contributed by atoms with E-state index in [1.54, 1.807) is 7.05 Å². The molecule has 122 valence electrons. The molecule has 1 amide bonds. The van der Waals surface area contributed by atoms with Crippen molar-refractivity contribution in [1.82, 2.24) is 15.1 Å². The minimum atomic E-state index is -1.17. The van der Waals surface area contributed by atoms with E-state index in [-0.39, 0.29) is 17.3 Å². The number of aromatic nitrogens is 2. The zero-order chi connectivity index (χ0) is 17.1. The molecule has 0 saturated heterocycles. The highest BCUT2D eigenvalue weighted by Gasteiger charge is 2.23. The highest BCUT2D eigenvalue weighted by atomic mass is 16.4. The van der Waals surface area contributed by atoms with Crippen molar-refractivity contribution in [3.05, 3.63) is 52.8 Å². The van der Waals surface area contributed by atoms with Gasteiger partial charge < -0.3 is 10.4 Å². The van der Waals surface area contributed by atoms with Crippen LogP contribution in [0, 0.1) is 0 Å². The molecule has 0 saturated carbocycles. The van der Waals surface area contributed by atoms with Gasteiger partial charge in [-0.25, -0.2) is 4.79 Å². The van der Waals surface area contributed by atoms with E-state index in [0.717, 1.165) is 5.56 Å². The largest absolute Gasteiger partial charge is 0.478 e. The molecule has 6 heteroatoms. The number of nitrogens with one attached hydrogen (secondary N) is 1. The number of aromatic carboxylic acids is 1. The molecule has 0 aliphatic heterocycles. The van der Waals surface area contributed by atoms with Gasteiger partial charge in [0.15, 0.2) is 0 Å². The minimum absolute atomic E-state index is 0.0446. The molecule has 1 unspecified atom stereocenters. The van der Waals surface area contributed by atoms with E-state index in [4.69, 9.17) is 5.11 Å². The molecule has 1 aromatic heterocycles. The number of nitrogens with zero attached hydrogens (tertiary/aromatic N) is 2. The highest BCUT2D eigenvalue weighted by molar-refractivity contribution is 6.03. The van der Waals surface area contributed by atoms with Gasteiger partial charge in [0.25, 0.3) is 5.91 Å². The van der Waals surface area contributed by atoms with Crippen molar-refractivity contribution in [1.29, 1.82) is 0 Å². The third kappa shape index (κ3) is 3.59. The van der Waals surface area contributed by atoms with Gasteiger partial charge in [-0.15, -0.1) is 0 Å². The van der Waals surface area contributed by atoms with Crippen LogP contribution in [0.5, 0.6) is 0 Å². The van der Waals surface area contributed by atoms with Crippen LogP contribution in [0.2, 0.25) is 0 Å². The lowest BCUT2D eigenvalue weighted by Crippen LogP contribution is -2.29. The molecule has 1 aromatic carbocycles. The fraction of sp³-hybridized carbons (Fsp3) is 0.353. The molecule has 23 heavy (non-hydrogen) atoms. The number of hydrogen-bond donors (Lipinski definition) is 2. The maximum Gasteiger partial charge on any atom is 0.339 e. The van der Waals surface area contributed by atoms with Gasteiger partial charge in [0.05, 0.1) is 12.2 Å². The number of carboxylic acids is 1.